The molecule has 2 aromatic rings. The molecular weight excluding hydrogens is 362 g/mol. The molecule has 3 rings (SSSR count). The molecule has 2 heterocycles. The maximum atomic E-state index is 12.2. The molecule has 0 aliphatic carbocycles. The second kappa shape index (κ2) is 7.86. The number of aryl methyl sites for hydroxylation is 2. The van der Waals surface area contributed by atoms with Crippen molar-refractivity contribution < 1.29 is 13.2 Å². The van der Waals surface area contributed by atoms with Gasteiger partial charge in [-0.15, -0.1) is 0 Å². The van der Waals surface area contributed by atoms with Gasteiger partial charge < -0.3 is 10.1 Å². The lowest BCUT2D eigenvalue weighted by atomic mass is 9.99. The van der Waals surface area contributed by atoms with Crippen molar-refractivity contribution in [1.29, 1.82) is 0 Å². The molecule has 0 atom stereocenters. The summed E-state index contributed by atoms with van der Waals surface area (Å²) in [7, 11) is -1.53. The van der Waals surface area contributed by atoms with Gasteiger partial charge in [0.15, 0.2) is 0 Å². The fraction of sp³-hybridized carbons (Fsp3) is 0.450. The molecule has 0 unspecified atom stereocenters. The minimum atomic E-state index is -3.16. The molecular formula is C20H27N3O3S. The molecule has 27 heavy (non-hydrogen) atoms. The van der Waals surface area contributed by atoms with Crippen LogP contribution in [0.15, 0.2) is 24.3 Å². The van der Waals surface area contributed by atoms with Crippen LogP contribution in [0.2, 0.25) is 0 Å². The summed E-state index contributed by atoms with van der Waals surface area (Å²) < 4.78 is 31.4. The average Bonchev–Trinajstić information content (AvgIpc) is 2.66. The van der Waals surface area contributed by atoms with Crippen LogP contribution in [0.4, 0.5) is 5.69 Å². The number of hydrogen-bond acceptors (Lipinski definition) is 5. The topological polar surface area (TPSA) is 71.5 Å². The Morgan fingerprint density at radius 3 is 2.78 bits per heavy atom. The normalized spacial score (nSPS) is 14.7. The fourth-order valence-electron chi connectivity index (χ4n) is 3.57. The minimum absolute atomic E-state index is 0.139. The Labute approximate surface area is 161 Å². The van der Waals surface area contributed by atoms with Crippen molar-refractivity contribution in [3.63, 3.8) is 0 Å². The molecule has 0 radical (unpaired) electrons. The summed E-state index contributed by atoms with van der Waals surface area (Å²) in [5.41, 5.74) is 6.40. The summed E-state index contributed by atoms with van der Waals surface area (Å²) in [6, 6.07) is 8.08. The Hall–Kier alpha value is -2.12. The van der Waals surface area contributed by atoms with E-state index in [1.807, 2.05) is 31.2 Å². The van der Waals surface area contributed by atoms with E-state index in [0.717, 1.165) is 28.1 Å². The molecule has 1 aromatic heterocycles. The van der Waals surface area contributed by atoms with E-state index in [0.29, 0.717) is 31.9 Å². The Balaban J connectivity index is 1.82. The molecule has 1 aliphatic heterocycles. The van der Waals surface area contributed by atoms with Gasteiger partial charge in [-0.05, 0) is 56.0 Å². The van der Waals surface area contributed by atoms with Gasteiger partial charge in [0.2, 0.25) is 15.9 Å². The molecule has 0 saturated carbocycles. The van der Waals surface area contributed by atoms with Crippen LogP contribution in [0.25, 0.3) is 0 Å². The highest BCUT2D eigenvalue weighted by Gasteiger charge is 2.26. The Bertz CT molecular complexity index is 942. The first-order valence-electron chi connectivity index (χ1n) is 9.19. The smallest absolute Gasteiger partial charge is 0.218 e. The summed E-state index contributed by atoms with van der Waals surface area (Å²) in [4.78, 5) is 4.46. The number of sulfonamides is 1. The highest BCUT2D eigenvalue weighted by molar-refractivity contribution is 7.89. The van der Waals surface area contributed by atoms with E-state index < -0.39 is 10.0 Å². The zero-order valence-corrected chi connectivity index (χ0v) is 17.2. The van der Waals surface area contributed by atoms with Crippen molar-refractivity contribution in [3.8, 4) is 5.88 Å². The summed E-state index contributed by atoms with van der Waals surface area (Å²) in [6.07, 6.45) is 0.708. The molecule has 0 fully saturated rings. The van der Waals surface area contributed by atoms with E-state index in [1.165, 1.54) is 5.56 Å². The van der Waals surface area contributed by atoms with Crippen LogP contribution >= 0.6 is 0 Å². The second-order valence-electron chi connectivity index (χ2n) is 6.85. The van der Waals surface area contributed by atoms with E-state index in [4.69, 9.17) is 4.74 Å². The lowest BCUT2D eigenvalue weighted by Crippen LogP contribution is -2.37. The highest BCUT2D eigenvalue weighted by Crippen LogP contribution is 2.29. The largest absolute Gasteiger partial charge is 0.481 e. The molecule has 0 spiro atoms. The van der Waals surface area contributed by atoms with Crippen LogP contribution in [0.5, 0.6) is 5.88 Å². The molecule has 0 saturated heterocycles. The number of benzene rings is 1. The van der Waals surface area contributed by atoms with Gasteiger partial charge >= 0.3 is 0 Å². The summed E-state index contributed by atoms with van der Waals surface area (Å²) in [5.74, 6) is 0.782. The number of fused-ring (bicyclic) bond motifs is 1. The third-order valence-corrected chi connectivity index (χ3v) is 6.90. The van der Waals surface area contributed by atoms with E-state index in [9.17, 15) is 8.42 Å². The number of pyridine rings is 1. The van der Waals surface area contributed by atoms with Crippen LogP contribution in [0.3, 0.4) is 0 Å². The predicted octanol–water partition coefficient (Wildman–Crippen LogP) is 3.03. The van der Waals surface area contributed by atoms with E-state index in [-0.39, 0.29) is 5.75 Å². The van der Waals surface area contributed by atoms with Gasteiger partial charge in [-0.1, -0.05) is 12.1 Å². The first-order chi connectivity index (χ1) is 12.9. The Morgan fingerprint density at radius 2 is 2.07 bits per heavy atom. The summed E-state index contributed by atoms with van der Waals surface area (Å²) in [5, 5.41) is 3.50. The second-order valence-corrected chi connectivity index (χ2v) is 9.11. The predicted molar refractivity (Wildman–Crippen MR) is 108 cm³/mol. The third kappa shape index (κ3) is 4.09. The van der Waals surface area contributed by atoms with Crippen molar-refractivity contribution in [2.75, 3.05) is 24.7 Å². The monoisotopic (exact) mass is 389 g/mol. The number of nitrogens with one attached hydrogen (secondary N) is 1. The first-order valence-corrected chi connectivity index (χ1v) is 10.8. The van der Waals surface area contributed by atoms with Crippen LogP contribution in [0, 0.1) is 13.8 Å². The van der Waals surface area contributed by atoms with Crippen molar-refractivity contribution in [2.24, 2.45) is 0 Å². The average molecular weight is 390 g/mol. The molecule has 1 aromatic carbocycles. The van der Waals surface area contributed by atoms with Gasteiger partial charge in [-0.3, -0.25) is 0 Å². The van der Waals surface area contributed by atoms with E-state index >= 15 is 0 Å². The molecule has 0 amide bonds. The van der Waals surface area contributed by atoms with Gasteiger partial charge in [0.1, 0.15) is 0 Å². The zero-order chi connectivity index (χ0) is 19.6. The maximum absolute atomic E-state index is 12.2. The van der Waals surface area contributed by atoms with Gasteiger partial charge in [0.05, 0.1) is 12.9 Å². The molecule has 1 N–H and O–H groups in total. The van der Waals surface area contributed by atoms with Crippen LogP contribution < -0.4 is 10.1 Å². The van der Waals surface area contributed by atoms with Crippen molar-refractivity contribution >= 4 is 15.7 Å². The summed E-state index contributed by atoms with van der Waals surface area (Å²) >= 11 is 0. The maximum Gasteiger partial charge on any atom is 0.218 e. The van der Waals surface area contributed by atoms with Crippen LogP contribution in [0.1, 0.15) is 34.9 Å². The number of nitrogens with zero attached hydrogens (tertiary/aromatic N) is 2. The third-order valence-electron chi connectivity index (χ3n) is 5.08. The molecule has 146 valence electrons. The SMILES string of the molecule is CCS(=O)(=O)N1CCc2c(cccc2NCc2c(C)cc(C)nc2OC)C1. The van der Waals surface area contributed by atoms with Crippen molar-refractivity contribution in [3.05, 3.63) is 52.2 Å². The van der Waals surface area contributed by atoms with Crippen LogP contribution in [-0.4, -0.2) is 37.1 Å². The van der Waals surface area contributed by atoms with Crippen LogP contribution in [-0.2, 0) is 29.5 Å². The van der Waals surface area contributed by atoms with Gasteiger partial charge in [-0.2, -0.15) is 4.31 Å². The standard InChI is InChI=1S/C20H27N3O3S/c1-5-27(24,25)23-10-9-17-16(13-23)7-6-8-19(17)21-12-18-14(2)11-15(3)22-20(18)26-4/h6-8,11,21H,5,9-10,12-13H2,1-4H3. The summed E-state index contributed by atoms with van der Waals surface area (Å²) in [6.45, 7) is 7.27. The van der Waals surface area contributed by atoms with Gasteiger partial charge in [0.25, 0.3) is 0 Å². The quantitative estimate of drug-likeness (QED) is 0.822. The molecule has 1 aliphatic rings. The van der Waals surface area contributed by atoms with Gasteiger partial charge in [0, 0.05) is 36.6 Å². The minimum Gasteiger partial charge on any atom is -0.481 e. The number of aromatic nitrogens is 1. The highest BCUT2D eigenvalue weighted by atomic mass is 32.2. The number of methoxy groups -OCH3 is 1. The number of ether oxygens (including phenoxy) is 1. The zero-order valence-electron chi connectivity index (χ0n) is 16.4. The fourth-order valence-corrected chi connectivity index (χ4v) is 4.64. The van der Waals surface area contributed by atoms with Crippen molar-refractivity contribution in [1.82, 2.24) is 9.29 Å². The Kier molecular flexibility index (Phi) is 5.72. The molecule has 7 heteroatoms. The Morgan fingerprint density at radius 1 is 1.30 bits per heavy atom. The number of anilines is 1. The van der Waals surface area contributed by atoms with Crippen molar-refractivity contribution in [2.45, 2.75) is 40.3 Å². The number of rotatable bonds is 6. The van der Waals surface area contributed by atoms with Gasteiger partial charge in [-0.25, -0.2) is 13.4 Å². The van der Waals surface area contributed by atoms with E-state index in [1.54, 1.807) is 18.3 Å². The molecule has 6 nitrogen and oxygen atoms in total. The molecule has 0 bridgehead atoms. The lowest BCUT2D eigenvalue weighted by Gasteiger charge is -2.29. The lowest BCUT2D eigenvalue weighted by molar-refractivity contribution is 0.391. The first kappa shape index (κ1) is 19.6. The number of hydrogen-bond donors (Lipinski definition) is 1. The van der Waals surface area contributed by atoms with E-state index in [2.05, 4.69) is 17.2 Å².